The fourth-order valence-electron chi connectivity index (χ4n) is 2.47. The fraction of sp³-hybridized carbons (Fsp3) is 0.176. The summed E-state index contributed by atoms with van der Waals surface area (Å²) in [7, 11) is -3.68. The van der Waals surface area contributed by atoms with Crippen LogP contribution in [0.2, 0.25) is 0 Å². The van der Waals surface area contributed by atoms with E-state index in [4.69, 9.17) is 0 Å². The van der Waals surface area contributed by atoms with E-state index in [0.29, 0.717) is 17.2 Å². The molecule has 1 N–H and O–H groups in total. The summed E-state index contributed by atoms with van der Waals surface area (Å²) in [6.07, 6.45) is 0. The Kier molecular flexibility index (Phi) is 4.11. The molecule has 3 rings (SSSR count). The molecular weight excluding hydrogens is 326 g/mol. The summed E-state index contributed by atoms with van der Waals surface area (Å²) in [5.74, 6) is 0.463. The van der Waals surface area contributed by atoms with Crippen LogP contribution in [0, 0.1) is 6.92 Å². The van der Waals surface area contributed by atoms with Gasteiger partial charge in [0.2, 0.25) is 0 Å². The topological polar surface area (TPSA) is 78.8 Å². The average molecular weight is 343 g/mol. The number of carbonyl (C=O) groups is 1. The summed E-state index contributed by atoms with van der Waals surface area (Å²) in [5, 5.41) is 0. The molecule has 0 fully saturated rings. The molecule has 2 aromatic carbocycles. The summed E-state index contributed by atoms with van der Waals surface area (Å²) >= 11 is 0. The van der Waals surface area contributed by atoms with Crippen LogP contribution < -0.4 is 9.62 Å². The molecule has 7 heteroatoms. The Morgan fingerprint density at radius 2 is 1.79 bits per heavy atom. The first-order chi connectivity index (χ1) is 11.4. The number of hydrogen-bond acceptors (Lipinski definition) is 4. The van der Waals surface area contributed by atoms with E-state index >= 15 is 0 Å². The highest BCUT2D eigenvalue weighted by molar-refractivity contribution is 7.92. The van der Waals surface area contributed by atoms with Crippen molar-refractivity contribution in [2.24, 2.45) is 4.99 Å². The van der Waals surface area contributed by atoms with Crippen molar-refractivity contribution < 1.29 is 13.2 Å². The molecule has 0 radical (unpaired) electrons. The highest BCUT2D eigenvalue weighted by atomic mass is 32.2. The first-order valence-electron chi connectivity index (χ1n) is 7.40. The van der Waals surface area contributed by atoms with Crippen LogP contribution >= 0.6 is 0 Å². The maximum Gasteiger partial charge on any atom is 0.261 e. The van der Waals surface area contributed by atoms with E-state index in [1.807, 2.05) is 6.92 Å². The number of sulfonamides is 1. The molecule has 0 saturated heterocycles. The number of aliphatic imine (C=N–C) groups is 1. The van der Waals surface area contributed by atoms with E-state index in [1.165, 1.54) is 4.90 Å². The molecule has 0 bridgehead atoms. The minimum absolute atomic E-state index is 0.116. The lowest BCUT2D eigenvalue weighted by Crippen LogP contribution is -2.30. The lowest BCUT2D eigenvalue weighted by molar-refractivity contribution is -0.115. The van der Waals surface area contributed by atoms with Crippen molar-refractivity contribution in [3.05, 3.63) is 54.1 Å². The number of benzene rings is 2. The van der Waals surface area contributed by atoms with Crippen molar-refractivity contribution in [1.29, 1.82) is 0 Å². The Morgan fingerprint density at radius 3 is 2.42 bits per heavy atom. The van der Waals surface area contributed by atoms with Crippen LogP contribution in [-0.4, -0.2) is 26.7 Å². The summed E-state index contributed by atoms with van der Waals surface area (Å²) in [4.78, 5) is 17.7. The summed E-state index contributed by atoms with van der Waals surface area (Å²) in [5.41, 5.74) is 1.96. The van der Waals surface area contributed by atoms with E-state index in [0.717, 1.165) is 5.56 Å². The Labute approximate surface area is 140 Å². The van der Waals surface area contributed by atoms with Crippen molar-refractivity contribution in [3.63, 3.8) is 0 Å². The van der Waals surface area contributed by atoms with Gasteiger partial charge in [-0.05, 0) is 44.2 Å². The monoisotopic (exact) mass is 343 g/mol. The molecule has 1 aliphatic rings. The number of rotatable bonds is 4. The van der Waals surface area contributed by atoms with Gasteiger partial charge >= 0.3 is 0 Å². The molecule has 24 heavy (non-hydrogen) atoms. The zero-order valence-corrected chi connectivity index (χ0v) is 14.2. The molecule has 0 atom stereocenters. The largest absolute Gasteiger partial charge is 0.280 e. The molecule has 0 aliphatic carbocycles. The SMILES string of the molecule is CC1=NCC(=O)N1c1cccc(NS(=O)(=O)c2ccc(C)cc2)c1. The van der Waals surface area contributed by atoms with E-state index < -0.39 is 10.0 Å². The molecule has 6 nitrogen and oxygen atoms in total. The van der Waals surface area contributed by atoms with Gasteiger partial charge in [0.05, 0.1) is 16.3 Å². The third-order valence-corrected chi connectivity index (χ3v) is 5.10. The maximum absolute atomic E-state index is 12.5. The van der Waals surface area contributed by atoms with Crippen LogP contribution in [0.15, 0.2) is 58.4 Å². The van der Waals surface area contributed by atoms with Crippen molar-refractivity contribution in [2.75, 3.05) is 16.2 Å². The minimum atomic E-state index is -3.68. The summed E-state index contributed by atoms with van der Waals surface area (Å²) in [6.45, 7) is 3.75. The zero-order chi connectivity index (χ0) is 17.3. The second kappa shape index (κ2) is 6.09. The Balaban J connectivity index is 1.88. The predicted molar refractivity (Wildman–Crippen MR) is 93.9 cm³/mol. The van der Waals surface area contributed by atoms with Crippen LogP contribution in [0.3, 0.4) is 0 Å². The van der Waals surface area contributed by atoms with E-state index in [9.17, 15) is 13.2 Å². The van der Waals surface area contributed by atoms with Crippen LogP contribution in [0.5, 0.6) is 0 Å². The standard InChI is InChI=1S/C17H17N3O3S/c1-12-6-8-16(9-7-12)24(22,23)19-14-4-3-5-15(10-14)20-13(2)18-11-17(20)21/h3-10,19H,11H2,1-2H3. The number of hydrogen-bond donors (Lipinski definition) is 1. The third-order valence-electron chi connectivity index (χ3n) is 3.70. The van der Waals surface area contributed by atoms with Crippen molar-refractivity contribution in [3.8, 4) is 0 Å². The van der Waals surface area contributed by atoms with Gasteiger partial charge in [-0.25, -0.2) is 8.42 Å². The number of anilines is 2. The minimum Gasteiger partial charge on any atom is -0.280 e. The Hall–Kier alpha value is -2.67. The Morgan fingerprint density at radius 1 is 1.08 bits per heavy atom. The molecule has 1 amide bonds. The van der Waals surface area contributed by atoms with E-state index in [-0.39, 0.29) is 17.3 Å². The molecule has 1 heterocycles. The first-order valence-corrected chi connectivity index (χ1v) is 8.89. The quantitative estimate of drug-likeness (QED) is 0.926. The van der Waals surface area contributed by atoms with Crippen molar-refractivity contribution >= 4 is 33.1 Å². The predicted octanol–water partition coefficient (Wildman–Crippen LogP) is 2.56. The van der Waals surface area contributed by atoms with Crippen LogP contribution in [-0.2, 0) is 14.8 Å². The number of amidine groups is 1. The van der Waals surface area contributed by atoms with Crippen molar-refractivity contribution in [2.45, 2.75) is 18.7 Å². The number of carbonyl (C=O) groups excluding carboxylic acids is 1. The lowest BCUT2D eigenvalue weighted by atomic mass is 10.2. The molecule has 0 unspecified atom stereocenters. The number of nitrogens with zero attached hydrogens (tertiary/aromatic N) is 2. The maximum atomic E-state index is 12.5. The van der Waals surface area contributed by atoms with Gasteiger partial charge < -0.3 is 0 Å². The molecule has 0 saturated carbocycles. The van der Waals surface area contributed by atoms with Crippen LogP contribution in [0.4, 0.5) is 11.4 Å². The lowest BCUT2D eigenvalue weighted by Gasteiger charge is -2.17. The second-order valence-electron chi connectivity index (χ2n) is 5.56. The summed E-state index contributed by atoms with van der Waals surface area (Å²) in [6, 6.07) is 13.3. The van der Waals surface area contributed by atoms with Gasteiger partial charge in [0.1, 0.15) is 12.4 Å². The smallest absolute Gasteiger partial charge is 0.261 e. The van der Waals surface area contributed by atoms with E-state index in [1.54, 1.807) is 55.5 Å². The van der Waals surface area contributed by atoms with Gasteiger partial charge in [-0.1, -0.05) is 23.8 Å². The molecule has 0 aromatic heterocycles. The van der Waals surface area contributed by atoms with Gasteiger partial charge in [-0.2, -0.15) is 0 Å². The Bertz CT molecular complexity index is 918. The van der Waals surface area contributed by atoms with Gasteiger partial charge in [0.15, 0.2) is 0 Å². The van der Waals surface area contributed by atoms with Gasteiger partial charge in [0, 0.05) is 0 Å². The highest BCUT2D eigenvalue weighted by Gasteiger charge is 2.24. The van der Waals surface area contributed by atoms with Gasteiger partial charge in [-0.15, -0.1) is 0 Å². The molecular formula is C17H17N3O3S. The number of nitrogens with one attached hydrogen (secondary N) is 1. The van der Waals surface area contributed by atoms with Crippen LogP contribution in [0.1, 0.15) is 12.5 Å². The molecule has 124 valence electrons. The zero-order valence-electron chi connectivity index (χ0n) is 13.4. The third kappa shape index (κ3) is 3.16. The normalized spacial score (nSPS) is 14.7. The van der Waals surface area contributed by atoms with Crippen molar-refractivity contribution in [1.82, 2.24) is 0 Å². The average Bonchev–Trinajstić information content (AvgIpc) is 2.86. The molecule has 2 aromatic rings. The van der Waals surface area contributed by atoms with Gasteiger partial charge in [-0.3, -0.25) is 19.4 Å². The molecule has 0 spiro atoms. The fourth-order valence-corrected chi connectivity index (χ4v) is 3.52. The highest BCUT2D eigenvalue weighted by Crippen LogP contribution is 2.24. The number of aryl methyl sites for hydroxylation is 1. The number of amides is 1. The van der Waals surface area contributed by atoms with E-state index in [2.05, 4.69) is 9.71 Å². The first kappa shape index (κ1) is 16.2. The summed E-state index contributed by atoms with van der Waals surface area (Å²) < 4.78 is 27.5. The second-order valence-corrected chi connectivity index (χ2v) is 7.24. The van der Waals surface area contributed by atoms with Gasteiger partial charge in [0.25, 0.3) is 15.9 Å². The molecule has 1 aliphatic heterocycles. The van der Waals surface area contributed by atoms with Crippen LogP contribution in [0.25, 0.3) is 0 Å².